The van der Waals surface area contributed by atoms with Crippen LogP contribution in [0.2, 0.25) is 0 Å². The molecule has 0 bridgehead atoms. The second kappa shape index (κ2) is 7.16. The van der Waals surface area contributed by atoms with E-state index in [0.717, 1.165) is 0 Å². The van der Waals surface area contributed by atoms with Gasteiger partial charge in [0.25, 0.3) is 5.56 Å². The number of nitrogens with one attached hydrogen (secondary N) is 2. The molecule has 0 radical (unpaired) electrons. The molecule has 0 atom stereocenters. The molecular formula is C19H15N3O2S. The standard InChI is InChI=1S/C19H15N3O2S/c1-2-13-6-5-7-14(12-13)20-17(23)10-11-22-18(24)15-8-3-4-9-16(15)21-19(22)25/h1,3-9,12H,10-11H2,(H,20,23)(H,21,25). The van der Waals surface area contributed by atoms with Gasteiger partial charge in [0, 0.05) is 24.2 Å². The number of carbonyl (C=O) groups is 1. The van der Waals surface area contributed by atoms with E-state index in [1.54, 1.807) is 42.5 Å². The minimum atomic E-state index is -0.219. The molecule has 0 spiro atoms. The van der Waals surface area contributed by atoms with Gasteiger partial charge in [-0.25, -0.2) is 0 Å². The summed E-state index contributed by atoms with van der Waals surface area (Å²) in [7, 11) is 0. The van der Waals surface area contributed by atoms with E-state index in [-0.39, 0.29) is 24.4 Å². The number of nitrogens with zero attached hydrogens (tertiary/aromatic N) is 1. The van der Waals surface area contributed by atoms with Gasteiger partial charge in [0.1, 0.15) is 0 Å². The molecule has 0 unspecified atom stereocenters. The summed E-state index contributed by atoms with van der Waals surface area (Å²) in [4.78, 5) is 27.7. The molecule has 1 heterocycles. The summed E-state index contributed by atoms with van der Waals surface area (Å²) in [5, 5.41) is 3.31. The van der Waals surface area contributed by atoms with E-state index >= 15 is 0 Å². The number of anilines is 1. The van der Waals surface area contributed by atoms with Crippen molar-refractivity contribution < 1.29 is 4.79 Å². The highest BCUT2D eigenvalue weighted by Gasteiger charge is 2.08. The summed E-state index contributed by atoms with van der Waals surface area (Å²) < 4.78 is 1.69. The Morgan fingerprint density at radius 1 is 1.24 bits per heavy atom. The first-order chi connectivity index (χ1) is 12.1. The van der Waals surface area contributed by atoms with Crippen molar-refractivity contribution in [1.82, 2.24) is 9.55 Å². The predicted molar refractivity (Wildman–Crippen MR) is 101 cm³/mol. The van der Waals surface area contributed by atoms with Gasteiger partial charge in [0.05, 0.1) is 10.9 Å². The number of para-hydroxylation sites is 1. The van der Waals surface area contributed by atoms with Gasteiger partial charge in [-0.05, 0) is 42.5 Å². The van der Waals surface area contributed by atoms with Crippen LogP contribution in [0.5, 0.6) is 0 Å². The Labute approximate surface area is 149 Å². The second-order valence-electron chi connectivity index (χ2n) is 5.46. The Bertz CT molecular complexity index is 1110. The molecule has 1 amide bonds. The van der Waals surface area contributed by atoms with Gasteiger partial charge in [-0.1, -0.05) is 24.1 Å². The van der Waals surface area contributed by atoms with Gasteiger partial charge < -0.3 is 10.3 Å². The number of aromatic nitrogens is 2. The third-order valence-electron chi connectivity index (χ3n) is 3.76. The molecule has 5 nitrogen and oxygen atoms in total. The molecule has 0 saturated carbocycles. The highest BCUT2D eigenvalue weighted by atomic mass is 32.1. The molecule has 25 heavy (non-hydrogen) atoms. The highest BCUT2D eigenvalue weighted by Crippen LogP contribution is 2.10. The maximum atomic E-state index is 12.5. The summed E-state index contributed by atoms with van der Waals surface area (Å²) >= 11 is 5.24. The summed E-state index contributed by atoms with van der Waals surface area (Å²) in [6.07, 6.45) is 5.47. The number of benzene rings is 2. The third kappa shape index (κ3) is 3.67. The van der Waals surface area contributed by atoms with Crippen LogP contribution in [0.25, 0.3) is 10.9 Å². The maximum Gasteiger partial charge on any atom is 0.262 e. The minimum absolute atomic E-state index is 0.121. The Kier molecular flexibility index (Phi) is 4.78. The van der Waals surface area contributed by atoms with Gasteiger partial charge in [-0.15, -0.1) is 6.42 Å². The number of hydrogen-bond donors (Lipinski definition) is 2. The zero-order chi connectivity index (χ0) is 17.8. The summed E-state index contributed by atoms with van der Waals surface area (Å²) in [5.74, 6) is 2.30. The lowest BCUT2D eigenvalue weighted by Crippen LogP contribution is -2.25. The Morgan fingerprint density at radius 2 is 2.04 bits per heavy atom. The average molecular weight is 349 g/mol. The van der Waals surface area contributed by atoms with Gasteiger partial charge in [-0.3, -0.25) is 14.2 Å². The average Bonchev–Trinajstić information content (AvgIpc) is 2.61. The van der Waals surface area contributed by atoms with Crippen LogP contribution < -0.4 is 10.9 Å². The fraction of sp³-hybridized carbons (Fsp3) is 0.105. The molecule has 1 aromatic heterocycles. The van der Waals surface area contributed by atoms with Crippen LogP contribution in [0.3, 0.4) is 0 Å². The maximum absolute atomic E-state index is 12.5. The summed E-state index contributed by atoms with van der Waals surface area (Å²) in [6, 6.07) is 14.2. The summed E-state index contributed by atoms with van der Waals surface area (Å²) in [5.41, 5.74) is 1.79. The van der Waals surface area contributed by atoms with E-state index in [2.05, 4.69) is 16.2 Å². The van der Waals surface area contributed by atoms with E-state index in [9.17, 15) is 9.59 Å². The van der Waals surface area contributed by atoms with Gasteiger partial charge >= 0.3 is 0 Å². The molecule has 3 aromatic rings. The van der Waals surface area contributed by atoms with Gasteiger partial charge in [-0.2, -0.15) is 0 Å². The van der Waals surface area contributed by atoms with Crippen molar-refractivity contribution in [2.45, 2.75) is 13.0 Å². The number of rotatable bonds is 4. The van der Waals surface area contributed by atoms with E-state index in [0.29, 0.717) is 26.9 Å². The number of hydrogen-bond acceptors (Lipinski definition) is 3. The fourth-order valence-corrected chi connectivity index (χ4v) is 2.81. The lowest BCUT2D eigenvalue weighted by molar-refractivity contribution is -0.116. The largest absolute Gasteiger partial charge is 0.332 e. The van der Waals surface area contributed by atoms with Crippen molar-refractivity contribution in [1.29, 1.82) is 0 Å². The zero-order valence-corrected chi connectivity index (χ0v) is 14.1. The molecule has 0 aliphatic heterocycles. The van der Waals surface area contributed by atoms with Crippen molar-refractivity contribution >= 4 is 34.7 Å². The van der Waals surface area contributed by atoms with E-state index < -0.39 is 0 Å². The molecule has 0 saturated heterocycles. The third-order valence-corrected chi connectivity index (χ3v) is 4.09. The molecular weight excluding hydrogens is 334 g/mol. The van der Waals surface area contributed by atoms with Gasteiger partial charge in [0.15, 0.2) is 4.77 Å². The molecule has 0 aliphatic rings. The highest BCUT2D eigenvalue weighted by molar-refractivity contribution is 7.71. The molecule has 2 aromatic carbocycles. The smallest absolute Gasteiger partial charge is 0.262 e. The van der Waals surface area contributed by atoms with Crippen LogP contribution in [0.4, 0.5) is 5.69 Å². The zero-order valence-electron chi connectivity index (χ0n) is 13.3. The number of terminal acetylenes is 1. The quantitative estimate of drug-likeness (QED) is 0.562. The van der Waals surface area contributed by atoms with Crippen molar-refractivity contribution in [2.24, 2.45) is 0 Å². The molecule has 0 fully saturated rings. The predicted octanol–water partition coefficient (Wildman–Crippen LogP) is 3.07. The number of carbonyl (C=O) groups excluding carboxylic acids is 1. The van der Waals surface area contributed by atoms with Crippen LogP contribution in [0.15, 0.2) is 53.3 Å². The van der Waals surface area contributed by atoms with Gasteiger partial charge in [0.2, 0.25) is 5.91 Å². The molecule has 2 N–H and O–H groups in total. The van der Waals surface area contributed by atoms with Crippen LogP contribution in [-0.4, -0.2) is 15.5 Å². The topological polar surface area (TPSA) is 66.9 Å². The number of H-pyrrole nitrogens is 1. The second-order valence-corrected chi connectivity index (χ2v) is 5.84. The lowest BCUT2D eigenvalue weighted by Gasteiger charge is -2.09. The van der Waals surface area contributed by atoms with Crippen molar-refractivity contribution in [2.75, 3.05) is 5.32 Å². The number of amides is 1. The van der Waals surface area contributed by atoms with Crippen molar-refractivity contribution in [3.05, 3.63) is 69.2 Å². The Hall–Kier alpha value is -3.17. The monoisotopic (exact) mass is 349 g/mol. The van der Waals surface area contributed by atoms with Crippen LogP contribution >= 0.6 is 12.2 Å². The van der Waals surface area contributed by atoms with Crippen LogP contribution in [0, 0.1) is 17.1 Å². The molecule has 6 heteroatoms. The number of aromatic amines is 1. The fourth-order valence-electron chi connectivity index (χ4n) is 2.53. The summed E-state index contributed by atoms with van der Waals surface area (Å²) in [6.45, 7) is 0.194. The van der Waals surface area contributed by atoms with E-state index in [1.165, 1.54) is 4.57 Å². The van der Waals surface area contributed by atoms with Crippen LogP contribution in [-0.2, 0) is 11.3 Å². The first-order valence-corrected chi connectivity index (χ1v) is 8.08. The minimum Gasteiger partial charge on any atom is -0.332 e. The van der Waals surface area contributed by atoms with Crippen LogP contribution in [0.1, 0.15) is 12.0 Å². The van der Waals surface area contributed by atoms with E-state index in [1.807, 2.05) is 6.07 Å². The molecule has 124 valence electrons. The Balaban J connectivity index is 1.76. The van der Waals surface area contributed by atoms with Crippen molar-refractivity contribution in [3.63, 3.8) is 0 Å². The first-order valence-electron chi connectivity index (χ1n) is 7.67. The lowest BCUT2D eigenvalue weighted by atomic mass is 10.2. The van der Waals surface area contributed by atoms with Crippen molar-refractivity contribution in [3.8, 4) is 12.3 Å². The molecule has 3 rings (SSSR count). The Morgan fingerprint density at radius 3 is 2.84 bits per heavy atom. The first kappa shape index (κ1) is 16.7. The molecule has 0 aliphatic carbocycles. The normalized spacial score (nSPS) is 10.4. The number of fused-ring (bicyclic) bond motifs is 1. The SMILES string of the molecule is C#Cc1cccc(NC(=O)CCn2c(=S)[nH]c3ccccc3c2=O)c1. The van der Waals surface area contributed by atoms with E-state index in [4.69, 9.17) is 18.6 Å².